The smallest absolute Gasteiger partial charge is 0.0652 e. The molecule has 0 aliphatic rings. The third-order valence-electron chi connectivity index (χ3n) is 0.552. The fraction of sp³-hybridized carbons (Fsp3) is 1.00. The molecule has 0 spiro atoms. The molecule has 0 saturated heterocycles. The Morgan fingerprint density at radius 3 is 2.29 bits per heavy atom. The molecule has 0 aliphatic heterocycles. The van der Waals surface area contributed by atoms with Crippen LogP contribution in [-0.2, 0) is 0 Å². The van der Waals surface area contributed by atoms with Gasteiger partial charge in [-0.25, -0.2) is 5.01 Å². The van der Waals surface area contributed by atoms with Crippen LogP contribution in [0.2, 0.25) is 0 Å². The molecular weight excluding hydrogens is 92.1 g/mol. The van der Waals surface area contributed by atoms with Crippen LogP contribution in [0.25, 0.3) is 0 Å². The number of hydrogen-bond acceptors (Lipinski definition) is 3. The number of nitrogens with two attached hydrogens (primary N) is 1. The third-order valence-corrected chi connectivity index (χ3v) is 0.552. The number of rotatable bonds is 2. The van der Waals surface area contributed by atoms with Crippen LogP contribution in [0, 0.1) is 0 Å². The van der Waals surface area contributed by atoms with Gasteiger partial charge in [0.15, 0.2) is 0 Å². The molecule has 0 amide bonds. The van der Waals surface area contributed by atoms with Gasteiger partial charge in [0.05, 0.1) is 6.10 Å². The van der Waals surface area contributed by atoms with Gasteiger partial charge < -0.3 is 5.11 Å². The minimum absolute atomic E-state index is 0.324. The van der Waals surface area contributed by atoms with Crippen molar-refractivity contribution in [1.82, 2.24) is 5.01 Å². The van der Waals surface area contributed by atoms with Gasteiger partial charge >= 0.3 is 0 Å². The second-order valence-electron chi connectivity index (χ2n) is 1.79. The largest absolute Gasteiger partial charge is 0.392 e. The Balaban J connectivity index is 2.95. The maximum absolute atomic E-state index is 8.60. The lowest BCUT2D eigenvalue weighted by molar-refractivity contribution is 0.142. The second-order valence-corrected chi connectivity index (χ2v) is 1.79. The highest BCUT2D eigenvalue weighted by atomic mass is 16.3. The average Bonchev–Trinajstić information content (AvgIpc) is 1.27. The van der Waals surface area contributed by atoms with Gasteiger partial charge in [-0.05, 0) is 6.92 Å². The van der Waals surface area contributed by atoms with Gasteiger partial charge in [0.2, 0.25) is 0 Å². The summed E-state index contributed by atoms with van der Waals surface area (Å²) in [6.07, 6.45) is -0.324. The fourth-order valence-electron chi connectivity index (χ4n) is 0.417. The Morgan fingerprint density at radius 1 is 1.86 bits per heavy atom. The summed E-state index contributed by atoms with van der Waals surface area (Å²) in [5, 5.41) is 10.1. The molecule has 3 nitrogen and oxygen atoms in total. The fourth-order valence-corrected chi connectivity index (χ4v) is 0.417. The Morgan fingerprint density at radius 2 is 2.29 bits per heavy atom. The molecule has 7 heavy (non-hydrogen) atoms. The van der Waals surface area contributed by atoms with E-state index < -0.39 is 0 Å². The van der Waals surface area contributed by atoms with Crippen LogP contribution in [0.5, 0.6) is 0 Å². The number of aliphatic hydroxyl groups is 1. The average molecular weight is 104 g/mol. The van der Waals surface area contributed by atoms with Crippen molar-refractivity contribution >= 4 is 0 Å². The van der Waals surface area contributed by atoms with E-state index in [1.807, 2.05) is 0 Å². The maximum atomic E-state index is 8.60. The SMILES string of the molecule is C[C@@H](O)CN(C)N. The highest BCUT2D eigenvalue weighted by Gasteiger charge is 1.94. The molecule has 3 heteroatoms. The quantitative estimate of drug-likeness (QED) is 0.355. The van der Waals surface area contributed by atoms with Crippen molar-refractivity contribution in [2.24, 2.45) is 5.84 Å². The van der Waals surface area contributed by atoms with Crippen molar-refractivity contribution in [3.63, 3.8) is 0 Å². The van der Waals surface area contributed by atoms with Crippen molar-refractivity contribution in [2.45, 2.75) is 13.0 Å². The summed E-state index contributed by atoms with van der Waals surface area (Å²) in [6.45, 7) is 2.23. The number of hydrazine groups is 1. The standard InChI is InChI=1S/C4H12N2O/c1-4(7)3-6(2)5/h4,7H,3,5H2,1-2H3/t4-/m1/s1. The summed E-state index contributed by atoms with van der Waals surface area (Å²) < 4.78 is 0. The van der Waals surface area contributed by atoms with Gasteiger partial charge in [-0.15, -0.1) is 0 Å². The number of nitrogens with zero attached hydrogens (tertiary/aromatic N) is 1. The Kier molecular flexibility index (Phi) is 2.91. The van der Waals surface area contributed by atoms with Crippen LogP contribution < -0.4 is 5.84 Å². The summed E-state index contributed by atoms with van der Waals surface area (Å²) in [5.74, 6) is 5.17. The summed E-state index contributed by atoms with van der Waals surface area (Å²) in [6, 6.07) is 0. The molecule has 0 aromatic heterocycles. The molecule has 0 bridgehead atoms. The van der Waals surface area contributed by atoms with Gasteiger partial charge in [-0.3, -0.25) is 5.84 Å². The molecule has 3 N–H and O–H groups in total. The molecule has 44 valence electrons. The van der Waals surface area contributed by atoms with E-state index in [0.29, 0.717) is 6.54 Å². The number of likely N-dealkylation sites (N-methyl/N-ethyl adjacent to an activating group) is 1. The first kappa shape index (κ1) is 6.88. The van der Waals surface area contributed by atoms with Gasteiger partial charge in [-0.2, -0.15) is 0 Å². The number of hydrogen-bond donors (Lipinski definition) is 2. The van der Waals surface area contributed by atoms with E-state index in [2.05, 4.69) is 0 Å². The minimum atomic E-state index is -0.324. The van der Waals surface area contributed by atoms with Crippen LogP contribution >= 0.6 is 0 Å². The first-order valence-electron chi connectivity index (χ1n) is 2.27. The Bertz CT molecular complexity index is 39.0. The zero-order valence-electron chi connectivity index (χ0n) is 4.76. The molecule has 1 atom stereocenters. The van der Waals surface area contributed by atoms with E-state index in [4.69, 9.17) is 10.9 Å². The molecule has 0 unspecified atom stereocenters. The van der Waals surface area contributed by atoms with Crippen molar-refractivity contribution in [3.8, 4) is 0 Å². The van der Waals surface area contributed by atoms with Gasteiger partial charge in [0, 0.05) is 13.6 Å². The van der Waals surface area contributed by atoms with E-state index in [-0.39, 0.29) is 6.10 Å². The van der Waals surface area contributed by atoms with Crippen molar-refractivity contribution in [1.29, 1.82) is 0 Å². The summed E-state index contributed by atoms with van der Waals surface area (Å²) in [4.78, 5) is 0. The van der Waals surface area contributed by atoms with E-state index in [9.17, 15) is 0 Å². The van der Waals surface area contributed by atoms with Crippen LogP contribution in [-0.4, -0.2) is 29.8 Å². The zero-order chi connectivity index (χ0) is 5.86. The molecule has 0 radical (unpaired) electrons. The maximum Gasteiger partial charge on any atom is 0.0652 e. The highest BCUT2D eigenvalue weighted by Crippen LogP contribution is 1.77. The Hall–Kier alpha value is -0.120. The normalized spacial score (nSPS) is 15.0. The molecule has 0 aromatic rings. The predicted molar refractivity (Wildman–Crippen MR) is 28.5 cm³/mol. The van der Waals surface area contributed by atoms with E-state index in [1.54, 1.807) is 14.0 Å². The second kappa shape index (κ2) is 2.96. The van der Waals surface area contributed by atoms with Crippen LogP contribution in [0.15, 0.2) is 0 Å². The van der Waals surface area contributed by atoms with Crippen molar-refractivity contribution in [3.05, 3.63) is 0 Å². The molecular formula is C4H12N2O. The molecule has 0 aromatic carbocycles. The first-order chi connectivity index (χ1) is 3.13. The van der Waals surface area contributed by atoms with Gasteiger partial charge in [0.25, 0.3) is 0 Å². The lowest BCUT2D eigenvalue weighted by atomic mass is 10.4. The number of aliphatic hydroxyl groups excluding tert-OH is 1. The minimum Gasteiger partial charge on any atom is -0.392 e. The van der Waals surface area contributed by atoms with E-state index >= 15 is 0 Å². The van der Waals surface area contributed by atoms with Gasteiger partial charge in [-0.1, -0.05) is 0 Å². The molecule has 0 aliphatic carbocycles. The summed E-state index contributed by atoms with van der Waals surface area (Å²) in [5.41, 5.74) is 0. The molecule has 0 rings (SSSR count). The predicted octanol–water partition coefficient (Wildman–Crippen LogP) is -0.827. The molecule has 0 heterocycles. The topological polar surface area (TPSA) is 49.5 Å². The molecule has 0 saturated carbocycles. The van der Waals surface area contributed by atoms with Gasteiger partial charge in [0.1, 0.15) is 0 Å². The lowest BCUT2D eigenvalue weighted by Crippen LogP contribution is -2.32. The molecule has 0 fully saturated rings. The highest BCUT2D eigenvalue weighted by molar-refractivity contribution is 4.46. The zero-order valence-corrected chi connectivity index (χ0v) is 4.76. The summed E-state index contributed by atoms with van der Waals surface area (Å²) >= 11 is 0. The lowest BCUT2D eigenvalue weighted by Gasteiger charge is -2.09. The summed E-state index contributed by atoms with van der Waals surface area (Å²) in [7, 11) is 1.72. The van der Waals surface area contributed by atoms with Crippen LogP contribution in [0.1, 0.15) is 6.92 Å². The first-order valence-corrected chi connectivity index (χ1v) is 2.27. The van der Waals surface area contributed by atoms with Crippen LogP contribution in [0.4, 0.5) is 0 Å². The van der Waals surface area contributed by atoms with Crippen molar-refractivity contribution < 1.29 is 5.11 Å². The van der Waals surface area contributed by atoms with E-state index in [0.717, 1.165) is 0 Å². The third kappa shape index (κ3) is 5.88. The van der Waals surface area contributed by atoms with Crippen molar-refractivity contribution in [2.75, 3.05) is 13.6 Å². The Labute approximate surface area is 43.7 Å². The monoisotopic (exact) mass is 104 g/mol. The van der Waals surface area contributed by atoms with Crippen LogP contribution in [0.3, 0.4) is 0 Å². The van der Waals surface area contributed by atoms with E-state index in [1.165, 1.54) is 5.01 Å².